The van der Waals surface area contributed by atoms with Crippen molar-refractivity contribution in [1.29, 1.82) is 0 Å². The number of amides is 1. The van der Waals surface area contributed by atoms with Gasteiger partial charge in [0.2, 0.25) is 5.95 Å². The highest BCUT2D eigenvalue weighted by Crippen LogP contribution is 2.22. The van der Waals surface area contributed by atoms with Crippen LogP contribution in [0.15, 0.2) is 67.0 Å². The highest BCUT2D eigenvalue weighted by atomic mass is 19.1. The summed E-state index contributed by atoms with van der Waals surface area (Å²) in [6, 6.07) is 16.0. The molecule has 0 radical (unpaired) electrons. The van der Waals surface area contributed by atoms with Crippen LogP contribution in [0.3, 0.4) is 0 Å². The number of carbonyl (C=O) groups excluding carboxylic acids is 1. The third-order valence-electron chi connectivity index (χ3n) is 4.79. The largest absolute Gasteiger partial charge is 0.487 e. The van der Waals surface area contributed by atoms with Gasteiger partial charge in [0.15, 0.2) is 11.6 Å². The first-order valence-corrected chi connectivity index (χ1v) is 9.53. The maximum absolute atomic E-state index is 13.7. The third-order valence-corrected chi connectivity index (χ3v) is 4.79. The van der Waals surface area contributed by atoms with Crippen LogP contribution in [0.1, 0.15) is 23.2 Å². The Morgan fingerprint density at radius 2 is 1.66 bits per heavy atom. The van der Waals surface area contributed by atoms with Gasteiger partial charge in [0.1, 0.15) is 6.10 Å². The molecule has 1 saturated heterocycles. The van der Waals surface area contributed by atoms with Gasteiger partial charge in [0.05, 0.1) is 5.56 Å². The highest BCUT2D eigenvalue weighted by Gasteiger charge is 2.25. The van der Waals surface area contributed by atoms with Crippen molar-refractivity contribution in [2.75, 3.05) is 18.4 Å². The molecule has 1 aliphatic rings. The number of rotatable bonds is 5. The lowest BCUT2D eigenvalue weighted by Gasteiger charge is -2.32. The molecule has 0 bridgehead atoms. The van der Waals surface area contributed by atoms with E-state index < -0.39 is 0 Å². The Kier molecular flexibility index (Phi) is 5.65. The summed E-state index contributed by atoms with van der Waals surface area (Å²) in [5.41, 5.74) is 1.32. The molecule has 0 saturated carbocycles. The van der Waals surface area contributed by atoms with E-state index in [4.69, 9.17) is 4.74 Å². The molecule has 1 fully saturated rings. The van der Waals surface area contributed by atoms with E-state index in [0.717, 1.165) is 5.69 Å². The molecule has 1 N–H and O–H groups in total. The van der Waals surface area contributed by atoms with E-state index in [0.29, 0.717) is 37.4 Å². The Bertz CT molecular complexity index is 958. The SMILES string of the molecule is O=C(c1cnc(Nc2ccccc2)nc1)N1CCC(Oc2ccccc2F)CC1. The number of nitrogens with one attached hydrogen (secondary N) is 1. The van der Waals surface area contributed by atoms with Gasteiger partial charge in [-0.05, 0) is 24.3 Å². The van der Waals surface area contributed by atoms with Gasteiger partial charge in [0.25, 0.3) is 5.91 Å². The van der Waals surface area contributed by atoms with Crippen LogP contribution in [0.2, 0.25) is 0 Å². The third kappa shape index (κ3) is 4.68. The van der Waals surface area contributed by atoms with Crippen molar-refractivity contribution >= 4 is 17.5 Å². The van der Waals surface area contributed by atoms with E-state index >= 15 is 0 Å². The number of aromatic nitrogens is 2. The van der Waals surface area contributed by atoms with Crippen LogP contribution in [0.5, 0.6) is 5.75 Å². The van der Waals surface area contributed by atoms with Crippen LogP contribution in [0.25, 0.3) is 0 Å². The molecule has 1 aliphatic heterocycles. The summed E-state index contributed by atoms with van der Waals surface area (Å²) < 4.78 is 19.5. The molecular weight excluding hydrogens is 371 g/mol. The second-order valence-corrected chi connectivity index (χ2v) is 6.83. The van der Waals surface area contributed by atoms with Gasteiger partial charge in [0, 0.05) is 44.0 Å². The van der Waals surface area contributed by atoms with Crippen LogP contribution in [-0.2, 0) is 0 Å². The number of hydrogen-bond acceptors (Lipinski definition) is 5. The molecular formula is C22H21FN4O2. The van der Waals surface area contributed by atoms with E-state index in [9.17, 15) is 9.18 Å². The molecule has 7 heteroatoms. The average Bonchev–Trinajstić information content (AvgIpc) is 2.77. The molecule has 0 spiro atoms. The Labute approximate surface area is 168 Å². The van der Waals surface area contributed by atoms with Gasteiger partial charge in [-0.15, -0.1) is 0 Å². The van der Waals surface area contributed by atoms with Crippen molar-refractivity contribution < 1.29 is 13.9 Å². The zero-order valence-electron chi connectivity index (χ0n) is 15.8. The van der Waals surface area contributed by atoms with Crippen LogP contribution in [-0.4, -0.2) is 40.0 Å². The van der Waals surface area contributed by atoms with Crippen LogP contribution in [0.4, 0.5) is 16.0 Å². The van der Waals surface area contributed by atoms with Gasteiger partial charge in [-0.1, -0.05) is 30.3 Å². The average molecular weight is 392 g/mol. The number of ether oxygens (including phenoxy) is 1. The number of hydrogen-bond donors (Lipinski definition) is 1. The second-order valence-electron chi connectivity index (χ2n) is 6.83. The maximum Gasteiger partial charge on any atom is 0.256 e. The number of nitrogens with zero attached hydrogens (tertiary/aromatic N) is 3. The zero-order valence-corrected chi connectivity index (χ0v) is 15.8. The summed E-state index contributed by atoms with van der Waals surface area (Å²) in [6.45, 7) is 1.09. The van der Waals surface area contributed by atoms with E-state index in [-0.39, 0.29) is 23.6 Å². The lowest BCUT2D eigenvalue weighted by molar-refractivity contribution is 0.0587. The molecule has 2 heterocycles. The van der Waals surface area contributed by atoms with Gasteiger partial charge in [-0.3, -0.25) is 4.79 Å². The molecule has 148 valence electrons. The first-order valence-electron chi connectivity index (χ1n) is 9.53. The number of carbonyl (C=O) groups is 1. The lowest BCUT2D eigenvalue weighted by Crippen LogP contribution is -2.41. The zero-order chi connectivity index (χ0) is 20.1. The number of halogens is 1. The van der Waals surface area contributed by atoms with Crippen molar-refractivity contribution in [3.63, 3.8) is 0 Å². The number of piperidine rings is 1. The van der Waals surface area contributed by atoms with Gasteiger partial charge < -0.3 is 15.0 Å². The van der Waals surface area contributed by atoms with E-state index in [1.54, 1.807) is 23.1 Å². The quantitative estimate of drug-likeness (QED) is 0.710. The molecule has 2 aromatic carbocycles. The normalized spacial score (nSPS) is 14.4. The van der Waals surface area contributed by atoms with Gasteiger partial charge in [-0.2, -0.15) is 0 Å². The van der Waals surface area contributed by atoms with E-state index in [1.165, 1.54) is 18.5 Å². The maximum atomic E-state index is 13.7. The molecule has 3 aromatic rings. The van der Waals surface area contributed by atoms with E-state index in [2.05, 4.69) is 15.3 Å². The minimum Gasteiger partial charge on any atom is -0.487 e. The molecule has 1 aromatic heterocycles. The summed E-state index contributed by atoms with van der Waals surface area (Å²) >= 11 is 0. The van der Waals surface area contributed by atoms with Gasteiger partial charge in [-0.25, -0.2) is 14.4 Å². The Balaban J connectivity index is 1.32. The molecule has 0 unspecified atom stereocenters. The predicted molar refractivity (Wildman–Crippen MR) is 108 cm³/mol. The fourth-order valence-corrected chi connectivity index (χ4v) is 3.23. The second kappa shape index (κ2) is 8.68. The predicted octanol–water partition coefficient (Wildman–Crippen LogP) is 4.04. The van der Waals surface area contributed by atoms with Crippen molar-refractivity contribution in [2.45, 2.75) is 18.9 Å². The number of para-hydroxylation sites is 2. The number of likely N-dealkylation sites (tertiary alicyclic amines) is 1. The minimum atomic E-state index is -0.368. The Morgan fingerprint density at radius 1 is 1.00 bits per heavy atom. The standard InChI is InChI=1S/C22H21FN4O2/c23-19-8-4-5-9-20(19)29-18-10-12-27(13-11-18)21(28)16-14-24-22(25-15-16)26-17-6-2-1-3-7-17/h1-9,14-15,18H,10-13H2,(H,24,25,26). The fourth-order valence-electron chi connectivity index (χ4n) is 3.23. The number of benzene rings is 2. The molecule has 1 amide bonds. The number of anilines is 2. The Morgan fingerprint density at radius 3 is 2.34 bits per heavy atom. The van der Waals surface area contributed by atoms with Crippen LogP contribution >= 0.6 is 0 Å². The molecule has 6 nitrogen and oxygen atoms in total. The van der Waals surface area contributed by atoms with Crippen LogP contribution < -0.4 is 10.1 Å². The van der Waals surface area contributed by atoms with Crippen molar-refractivity contribution in [3.05, 3.63) is 78.4 Å². The van der Waals surface area contributed by atoms with Crippen molar-refractivity contribution in [3.8, 4) is 5.75 Å². The van der Waals surface area contributed by atoms with Crippen molar-refractivity contribution in [1.82, 2.24) is 14.9 Å². The molecule has 0 atom stereocenters. The summed E-state index contributed by atoms with van der Waals surface area (Å²) in [4.78, 5) is 22.9. The highest BCUT2D eigenvalue weighted by molar-refractivity contribution is 5.93. The summed E-state index contributed by atoms with van der Waals surface area (Å²) in [7, 11) is 0. The molecule has 4 rings (SSSR count). The van der Waals surface area contributed by atoms with Gasteiger partial charge >= 0.3 is 0 Å². The Hall–Kier alpha value is -3.48. The summed E-state index contributed by atoms with van der Waals surface area (Å²) in [6.07, 6.45) is 4.25. The van der Waals surface area contributed by atoms with E-state index in [1.807, 2.05) is 30.3 Å². The fraction of sp³-hybridized carbons (Fsp3) is 0.227. The summed E-state index contributed by atoms with van der Waals surface area (Å²) in [5.74, 6) is 0.213. The monoisotopic (exact) mass is 392 g/mol. The van der Waals surface area contributed by atoms with Crippen LogP contribution in [0, 0.1) is 5.82 Å². The minimum absolute atomic E-state index is 0.107. The smallest absolute Gasteiger partial charge is 0.256 e. The first-order chi connectivity index (χ1) is 14.2. The van der Waals surface area contributed by atoms with Crippen molar-refractivity contribution in [2.24, 2.45) is 0 Å². The topological polar surface area (TPSA) is 67.4 Å². The summed E-state index contributed by atoms with van der Waals surface area (Å²) in [5, 5.41) is 3.09. The molecule has 29 heavy (non-hydrogen) atoms. The first kappa shape index (κ1) is 18.9. The lowest BCUT2D eigenvalue weighted by atomic mass is 10.1. The molecule has 0 aliphatic carbocycles.